The van der Waals surface area contributed by atoms with E-state index >= 15 is 0 Å². The highest BCUT2D eigenvalue weighted by molar-refractivity contribution is 5.43. The molecule has 4 nitrogen and oxygen atoms in total. The highest BCUT2D eigenvalue weighted by Crippen LogP contribution is 2.36. The van der Waals surface area contributed by atoms with Crippen molar-refractivity contribution in [3.63, 3.8) is 0 Å². The fourth-order valence-electron chi connectivity index (χ4n) is 2.68. The van der Waals surface area contributed by atoms with Crippen LogP contribution in [0.1, 0.15) is 30.9 Å². The van der Waals surface area contributed by atoms with Crippen LogP contribution in [0.4, 0.5) is 0 Å². The van der Waals surface area contributed by atoms with E-state index < -0.39 is 0 Å². The number of rotatable bonds is 3. The van der Waals surface area contributed by atoms with E-state index in [1.807, 2.05) is 18.2 Å². The van der Waals surface area contributed by atoms with Crippen molar-refractivity contribution in [2.75, 3.05) is 13.7 Å². The summed E-state index contributed by atoms with van der Waals surface area (Å²) in [5.41, 5.74) is 1.17. The van der Waals surface area contributed by atoms with Crippen molar-refractivity contribution in [3.8, 4) is 11.5 Å². The van der Waals surface area contributed by atoms with Crippen molar-refractivity contribution in [3.05, 3.63) is 23.8 Å². The predicted octanol–water partition coefficient (Wildman–Crippen LogP) is 1.63. The molecule has 18 heavy (non-hydrogen) atoms. The number of nitrogens with one attached hydrogen (secondary N) is 1. The van der Waals surface area contributed by atoms with Gasteiger partial charge in [-0.05, 0) is 31.0 Å². The minimum atomic E-state index is -0.118. The third-order valence-corrected chi connectivity index (χ3v) is 3.81. The molecular weight excluding hydrogens is 230 g/mol. The average molecular weight is 249 g/mol. The minimum absolute atomic E-state index is 0.118. The Balaban J connectivity index is 1.77. The summed E-state index contributed by atoms with van der Waals surface area (Å²) in [4.78, 5) is 0. The fourth-order valence-corrected chi connectivity index (χ4v) is 2.68. The van der Waals surface area contributed by atoms with Crippen LogP contribution in [0.5, 0.6) is 11.5 Å². The molecule has 1 unspecified atom stereocenters. The first kappa shape index (κ1) is 11.8. The van der Waals surface area contributed by atoms with Crippen LogP contribution in [0.15, 0.2) is 18.2 Å². The summed E-state index contributed by atoms with van der Waals surface area (Å²) in [5.74, 6) is 1.80. The van der Waals surface area contributed by atoms with Crippen molar-refractivity contribution >= 4 is 0 Å². The monoisotopic (exact) mass is 249 g/mol. The van der Waals surface area contributed by atoms with E-state index in [-0.39, 0.29) is 6.10 Å². The van der Waals surface area contributed by atoms with E-state index in [1.165, 1.54) is 5.56 Å². The molecule has 1 heterocycles. The summed E-state index contributed by atoms with van der Waals surface area (Å²) in [7, 11) is 1.68. The third kappa shape index (κ3) is 2.18. The lowest BCUT2D eigenvalue weighted by Gasteiger charge is -2.37. The number of ether oxygens (including phenoxy) is 2. The maximum absolute atomic E-state index is 9.34. The molecular formula is C14H19NO3. The summed E-state index contributed by atoms with van der Waals surface area (Å²) in [6.07, 6.45) is 2.56. The van der Waals surface area contributed by atoms with Crippen LogP contribution in [0.3, 0.4) is 0 Å². The van der Waals surface area contributed by atoms with Gasteiger partial charge in [0.25, 0.3) is 0 Å². The molecule has 0 amide bonds. The van der Waals surface area contributed by atoms with Gasteiger partial charge in [0.1, 0.15) is 11.5 Å². The SMILES string of the molecule is COc1ccc2c(c1)C(NC1CC(O)C1)CCO2. The van der Waals surface area contributed by atoms with Gasteiger partial charge >= 0.3 is 0 Å². The Kier molecular flexibility index (Phi) is 3.14. The molecule has 0 spiro atoms. The molecule has 0 bridgehead atoms. The maximum Gasteiger partial charge on any atom is 0.124 e. The van der Waals surface area contributed by atoms with Crippen molar-refractivity contribution in [1.82, 2.24) is 5.32 Å². The second-order valence-electron chi connectivity index (χ2n) is 5.08. The second kappa shape index (κ2) is 4.78. The zero-order valence-electron chi connectivity index (χ0n) is 10.6. The van der Waals surface area contributed by atoms with Crippen LogP contribution < -0.4 is 14.8 Å². The highest BCUT2D eigenvalue weighted by atomic mass is 16.5. The van der Waals surface area contributed by atoms with Gasteiger partial charge in [-0.25, -0.2) is 0 Å². The molecule has 1 fully saturated rings. The first-order chi connectivity index (χ1) is 8.76. The zero-order chi connectivity index (χ0) is 12.5. The summed E-state index contributed by atoms with van der Waals surface area (Å²) in [5, 5.41) is 12.9. The van der Waals surface area contributed by atoms with Gasteiger partial charge < -0.3 is 19.9 Å². The Morgan fingerprint density at radius 3 is 2.94 bits per heavy atom. The Morgan fingerprint density at radius 2 is 2.22 bits per heavy atom. The molecule has 1 aromatic rings. The van der Waals surface area contributed by atoms with Crippen LogP contribution in [-0.2, 0) is 0 Å². The molecule has 0 radical (unpaired) electrons. The molecule has 4 heteroatoms. The lowest BCUT2D eigenvalue weighted by atomic mass is 9.87. The first-order valence-electron chi connectivity index (χ1n) is 6.51. The molecule has 2 aliphatic rings. The van der Waals surface area contributed by atoms with Crippen molar-refractivity contribution < 1.29 is 14.6 Å². The van der Waals surface area contributed by atoms with E-state index in [2.05, 4.69) is 5.32 Å². The predicted molar refractivity (Wildman–Crippen MR) is 68.0 cm³/mol. The standard InChI is InChI=1S/C14H19NO3/c1-17-11-2-3-14-12(8-11)13(4-5-18-14)15-9-6-10(16)7-9/h2-3,8-10,13,15-16H,4-7H2,1H3. The molecule has 3 rings (SSSR count). The van der Waals surface area contributed by atoms with E-state index in [0.29, 0.717) is 12.1 Å². The van der Waals surface area contributed by atoms with E-state index in [9.17, 15) is 5.11 Å². The molecule has 1 aliphatic carbocycles. The summed E-state index contributed by atoms with van der Waals surface area (Å²) in [6, 6.07) is 6.68. The lowest BCUT2D eigenvalue weighted by molar-refractivity contribution is 0.0548. The van der Waals surface area contributed by atoms with Crippen LogP contribution in [0.2, 0.25) is 0 Å². The van der Waals surface area contributed by atoms with Crippen LogP contribution in [0, 0.1) is 0 Å². The number of hydrogen-bond donors (Lipinski definition) is 2. The van der Waals surface area contributed by atoms with Crippen molar-refractivity contribution in [2.45, 2.75) is 37.5 Å². The molecule has 2 N–H and O–H groups in total. The largest absolute Gasteiger partial charge is 0.497 e. The normalized spacial score (nSPS) is 30.0. The van der Waals surface area contributed by atoms with Gasteiger partial charge in [0.15, 0.2) is 0 Å². The maximum atomic E-state index is 9.34. The van der Waals surface area contributed by atoms with Gasteiger partial charge in [-0.15, -0.1) is 0 Å². The molecule has 1 saturated carbocycles. The third-order valence-electron chi connectivity index (χ3n) is 3.81. The van der Waals surface area contributed by atoms with Crippen molar-refractivity contribution in [2.24, 2.45) is 0 Å². The highest BCUT2D eigenvalue weighted by Gasteiger charge is 2.31. The Morgan fingerprint density at radius 1 is 1.39 bits per heavy atom. The summed E-state index contributed by atoms with van der Waals surface area (Å²) >= 11 is 0. The van der Waals surface area contributed by atoms with E-state index in [1.54, 1.807) is 7.11 Å². The van der Waals surface area contributed by atoms with Crippen LogP contribution in [0.25, 0.3) is 0 Å². The van der Waals surface area contributed by atoms with Crippen molar-refractivity contribution in [1.29, 1.82) is 0 Å². The molecule has 0 saturated heterocycles. The molecule has 1 aromatic carbocycles. The number of aliphatic hydroxyl groups is 1. The second-order valence-corrected chi connectivity index (χ2v) is 5.08. The first-order valence-corrected chi connectivity index (χ1v) is 6.51. The van der Waals surface area contributed by atoms with Gasteiger partial charge in [-0.1, -0.05) is 0 Å². The topological polar surface area (TPSA) is 50.7 Å². The smallest absolute Gasteiger partial charge is 0.124 e. The fraction of sp³-hybridized carbons (Fsp3) is 0.571. The molecule has 0 aromatic heterocycles. The summed E-state index contributed by atoms with van der Waals surface area (Å²) in [6.45, 7) is 0.742. The average Bonchev–Trinajstić information content (AvgIpc) is 2.37. The lowest BCUT2D eigenvalue weighted by Crippen LogP contribution is -2.46. The number of methoxy groups -OCH3 is 1. The molecule has 1 atom stereocenters. The Bertz CT molecular complexity index is 429. The number of hydrogen-bond acceptors (Lipinski definition) is 4. The Labute approximate surface area is 107 Å². The Hall–Kier alpha value is -1.26. The summed E-state index contributed by atoms with van der Waals surface area (Å²) < 4.78 is 10.9. The van der Waals surface area contributed by atoms with Gasteiger partial charge in [-0.2, -0.15) is 0 Å². The molecule has 98 valence electrons. The van der Waals surface area contributed by atoms with Gasteiger partial charge in [0.05, 0.1) is 19.8 Å². The zero-order valence-corrected chi connectivity index (χ0v) is 10.6. The van der Waals surface area contributed by atoms with Gasteiger partial charge in [0.2, 0.25) is 0 Å². The van der Waals surface area contributed by atoms with Crippen LogP contribution in [-0.4, -0.2) is 31.0 Å². The number of aliphatic hydroxyl groups excluding tert-OH is 1. The van der Waals surface area contributed by atoms with Crippen LogP contribution >= 0.6 is 0 Å². The number of benzene rings is 1. The number of fused-ring (bicyclic) bond motifs is 1. The van der Waals surface area contributed by atoms with E-state index in [0.717, 1.165) is 37.4 Å². The minimum Gasteiger partial charge on any atom is -0.497 e. The van der Waals surface area contributed by atoms with Gasteiger partial charge in [-0.3, -0.25) is 0 Å². The van der Waals surface area contributed by atoms with E-state index in [4.69, 9.17) is 9.47 Å². The van der Waals surface area contributed by atoms with Gasteiger partial charge in [0, 0.05) is 24.1 Å². The quantitative estimate of drug-likeness (QED) is 0.855. The molecule has 1 aliphatic heterocycles.